The third-order valence-electron chi connectivity index (χ3n) is 2.85. The Morgan fingerprint density at radius 3 is 2.45 bits per heavy atom. The zero-order chi connectivity index (χ0) is 14.5. The average Bonchev–Trinajstić information content (AvgIpc) is 2.48. The summed E-state index contributed by atoms with van der Waals surface area (Å²) in [6.45, 7) is 0.605. The molecule has 0 aliphatic rings. The molecule has 3 nitrogen and oxygen atoms in total. The SMILES string of the molecule is CNC(=O)c1ccc(CNc2cc(Cl)ccc2Cl)cc1. The van der Waals surface area contributed by atoms with Gasteiger partial charge in [0.05, 0.1) is 10.7 Å². The molecule has 104 valence electrons. The molecule has 5 heteroatoms. The summed E-state index contributed by atoms with van der Waals surface area (Å²) in [5, 5.41) is 7.05. The second kappa shape index (κ2) is 6.64. The molecule has 2 rings (SSSR count). The van der Waals surface area contributed by atoms with Gasteiger partial charge < -0.3 is 10.6 Å². The van der Waals surface area contributed by atoms with Crippen LogP contribution in [0.2, 0.25) is 10.0 Å². The van der Waals surface area contributed by atoms with E-state index in [-0.39, 0.29) is 5.91 Å². The number of halogens is 2. The molecule has 0 heterocycles. The minimum atomic E-state index is -0.0950. The van der Waals surface area contributed by atoms with Crippen LogP contribution in [0.15, 0.2) is 42.5 Å². The van der Waals surface area contributed by atoms with Crippen molar-refractivity contribution in [2.24, 2.45) is 0 Å². The van der Waals surface area contributed by atoms with Gasteiger partial charge in [-0.05, 0) is 35.9 Å². The number of rotatable bonds is 4. The highest BCUT2D eigenvalue weighted by Gasteiger charge is 2.04. The van der Waals surface area contributed by atoms with Crippen molar-refractivity contribution in [1.29, 1.82) is 0 Å². The lowest BCUT2D eigenvalue weighted by molar-refractivity contribution is 0.0963. The number of anilines is 1. The minimum Gasteiger partial charge on any atom is -0.380 e. The molecule has 0 saturated carbocycles. The second-order valence-electron chi connectivity index (χ2n) is 4.25. The molecule has 20 heavy (non-hydrogen) atoms. The lowest BCUT2D eigenvalue weighted by Gasteiger charge is -2.09. The van der Waals surface area contributed by atoms with Gasteiger partial charge in [-0.25, -0.2) is 0 Å². The van der Waals surface area contributed by atoms with E-state index in [9.17, 15) is 4.79 Å². The Hall–Kier alpha value is -1.71. The third kappa shape index (κ3) is 3.65. The number of hydrogen-bond acceptors (Lipinski definition) is 2. The fraction of sp³-hybridized carbons (Fsp3) is 0.133. The van der Waals surface area contributed by atoms with E-state index in [4.69, 9.17) is 23.2 Å². The summed E-state index contributed by atoms with van der Waals surface area (Å²) in [7, 11) is 1.61. The van der Waals surface area contributed by atoms with Crippen LogP contribution in [-0.2, 0) is 6.54 Å². The number of carbonyl (C=O) groups excluding carboxylic acids is 1. The molecule has 0 spiro atoms. The van der Waals surface area contributed by atoms with E-state index in [2.05, 4.69) is 10.6 Å². The number of carbonyl (C=O) groups is 1. The van der Waals surface area contributed by atoms with Gasteiger partial charge >= 0.3 is 0 Å². The molecule has 0 aliphatic carbocycles. The van der Waals surface area contributed by atoms with Crippen LogP contribution < -0.4 is 10.6 Å². The predicted octanol–water partition coefficient (Wildman–Crippen LogP) is 3.97. The Kier molecular flexibility index (Phi) is 4.88. The first kappa shape index (κ1) is 14.7. The maximum atomic E-state index is 11.4. The first-order valence-corrected chi connectivity index (χ1v) is 6.85. The third-order valence-corrected chi connectivity index (χ3v) is 3.42. The molecule has 0 radical (unpaired) electrons. The Balaban J connectivity index is 2.04. The fourth-order valence-corrected chi connectivity index (χ4v) is 2.11. The summed E-state index contributed by atoms with van der Waals surface area (Å²) >= 11 is 12.0. The zero-order valence-corrected chi connectivity index (χ0v) is 12.4. The highest BCUT2D eigenvalue weighted by Crippen LogP contribution is 2.25. The van der Waals surface area contributed by atoms with Crippen LogP contribution in [0.1, 0.15) is 15.9 Å². The summed E-state index contributed by atoms with van der Waals surface area (Å²) in [5.74, 6) is -0.0950. The van der Waals surface area contributed by atoms with Crippen molar-refractivity contribution in [1.82, 2.24) is 5.32 Å². The van der Waals surface area contributed by atoms with E-state index in [1.165, 1.54) is 0 Å². The Morgan fingerprint density at radius 1 is 1.10 bits per heavy atom. The van der Waals surface area contributed by atoms with Gasteiger partial charge in [0.2, 0.25) is 0 Å². The van der Waals surface area contributed by atoms with E-state index in [1.807, 2.05) is 12.1 Å². The molecule has 0 aliphatic heterocycles. The lowest BCUT2D eigenvalue weighted by atomic mass is 10.1. The molecule has 0 bridgehead atoms. The van der Waals surface area contributed by atoms with Crippen LogP contribution in [0, 0.1) is 0 Å². The van der Waals surface area contributed by atoms with Crippen LogP contribution in [0.4, 0.5) is 5.69 Å². The molecule has 0 atom stereocenters. The Morgan fingerprint density at radius 2 is 1.80 bits per heavy atom. The summed E-state index contributed by atoms with van der Waals surface area (Å²) in [4.78, 5) is 11.4. The van der Waals surface area contributed by atoms with Gasteiger partial charge in [0.15, 0.2) is 0 Å². The Labute approximate surface area is 127 Å². The van der Waals surface area contributed by atoms with Gasteiger partial charge in [-0.3, -0.25) is 4.79 Å². The van der Waals surface area contributed by atoms with Crippen molar-refractivity contribution < 1.29 is 4.79 Å². The van der Waals surface area contributed by atoms with Gasteiger partial charge in [0.1, 0.15) is 0 Å². The molecule has 0 aromatic heterocycles. The van der Waals surface area contributed by atoms with E-state index >= 15 is 0 Å². The standard InChI is InChI=1S/C15H14Cl2N2O/c1-18-15(20)11-4-2-10(3-5-11)9-19-14-8-12(16)6-7-13(14)17/h2-8,19H,9H2,1H3,(H,18,20). The average molecular weight is 309 g/mol. The second-order valence-corrected chi connectivity index (χ2v) is 5.10. The largest absolute Gasteiger partial charge is 0.380 e. The van der Waals surface area contributed by atoms with Crippen molar-refractivity contribution in [3.63, 3.8) is 0 Å². The molecule has 1 amide bonds. The normalized spacial score (nSPS) is 10.2. The van der Waals surface area contributed by atoms with Gasteiger partial charge in [-0.15, -0.1) is 0 Å². The smallest absolute Gasteiger partial charge is 0.251 e. The van der Waals surface area contributed by atoms with Crippen molar-refractivity contribution in [3.05, 3.63) is 63.6 Å². The maximum Gasteiger partial charge on any atom is 0.251 e. The number of amides is 1. The zero-order valence-electron chi connectivity index (χ0n) is 10.9. The van der Waals surface area contributed by atoms with Crippen LogP contribution in [0.25, 0.3) is 0 Å². The molecular formula is C15H14Cl2N2O. The van der Waals surface area contributed by atoms with E-state index in [0.717, 1.165) is 11.3 Å². The maximum absolute atomic E-state index is 11.4. The van der Waals surface area contributed by atoms with E-state index in [0.29, 0.717) is 22.2 Å². The number of nitrogens with one attached hydrogen (secondary N) is 2. The van der Waals surface area contributed by atoms with Crippen LogP contribution in [0.5, 0.6) is 0 Å². The lowest BCUT2D eigenvalue weighted by Crippen LogP contribution is -2.17. The summed E-state index contributed by atoms with van der Waals surface area (Å²) in [5.41, 5.74) is 2.47. The summed E-state index contributed by atoms with van der Waals surface area (Å²) in [6.07, 6.45) is 0. The van der Waals surface area contributed by atoms with Crippen LogP contribution in [-0.4, -0.2) is 13.0 Å². The summed E-state index contributed by atoms with van der Waals surface area (Å²) < 4.78 is 0. The first-order valence-electron chi connectivity index (χ1n) is 6.10. The molecule has 0 saturated heterocycles. The molecule has 2 N–H and O–H groups in total. The quantitative estimate of drug-likeness (QED) is 0.897. The molecule has 0 fully saturated rings. The van der Waals surface area contributed by atoms with Crippen molar-refractivity contribution in [3.8, 4) is 0 Å². The highest BCUT2D eigenvalue weighted by atomic mass is 35.5. The van der Waals surface area contributed by atoms with Crippen molar-refractivity contribution in [2.75, 3.05) is 12.4 Å². The van der Waals surface area contributed by atoms with Crippen LogP contribution >= 0.6 is 23.2 Å². The molecular weight excluding hydrogens is 295 g/mol. The number of benzene rings is 2. The van der Waals surface area contributed by atoms with Gasteiger partial charge in [0, 0.05) is 24.2 Å². The highest BCUT2D eigenvalue weighted by molar-refractivity contribution is 6.35. The van der Waals surface area contributed by atoms with E-state index in [1.54, 1.807) is 37.4 Å². The fourth-order valence-electron chi connectivity index (χ4n) is 1.75. The first-order chi connectivity index (χ1) is 9.60. The van der Waals surface area contributed by atoms with Crippen LogP contribution in [0.3, 0.4) is 0 Å². The van der Waals surface area contributed by atoms with Crippen molar-refractivity contribution >= 4 is 34.8 Å². The van der Waals surface area contributed by atoms with Gasteiger partial charge in [-0.2, -0.15) is 0 Å². The van der Waals surface area contributed by atoms with Crippen molar-refractivity contribution in [2.45, 2.75) is 6.54 Å². The number of hydrogen-bond donors (Lipinski definition) is 2. The van der Waals surface area contributed by atoms with Gasteiger partial charge in [-0.1, -0.05) is 35.3 Å². The minimum absolute atomic E-state index is 0.0950. The van der Waals surface area contributed by atoms with Gasteiger partial charge in [0.25, 0.3) is 5.91 Å². The topological polar surface area (TPSA) is 41.1 Å². The monoisotopic (exact) mass is 308 g/mol. The Bertz CT molecular complexity index is 612. The predicted molar refractivity (Wildman–Crippen MR) is 83.6 cm³/mol. The van der Waals surface area contributed by atoms with E-state index < -0.39 is 0 Å². The summed E-state index contributed by atoms with van der Waals surface area (Å²) in [6, 6.07) is 12.6. The molecule has 2 aromatic rings. The molecule has 2 aromatic carbocycles. The molecule has 0 unspecified atom stereocenters.